The van der Waals surface area contributed by atoms with Gasteiger partial charge in [-0.15, -0.1) is 4.91 Å². The number of hydrogen-bond acceptors (Lipinski definition) is 8. The summed E-state index contributed by atoms with van der Waals surface area (Å²) in [4.78, 5) is 42.3. The molecule has 1 saturated carbocycles. The molecule has 1 unspecified atom stereocenters. The summed E-state index contributed by atoms with van der Waals surface area (Å²) in [5.74, 6) is -0.622. The molecule has 1 aromatic heterocycles. The van der Waals surface area contributed by atoms with Gasteiger partial charge < -0.3 is 11.1 Å². The van der Waals surface area contributed by atoms with Gasteiger partial charge in [0.05, 0.1) is 28.2 Å². The summed E-state index contributed by atoms with van der Waals surface area (Å²) in [6, 6.07) is 3.32. The Labute approximate surface area is 206 Å². The molecule has 1 fully saturated rings. The maximum Gasteiger partial charge on any atom is 0.398 e. The van der Waals surface area contributed by atoms with E-state index in [-0.39, 0.29) is 33.2 Å². The molecule has 0 saturated heterocycles. The molecule has 14 heteroatoms. The Bertz CT molecular complexity index is 1250. The number of anilines is 1. The largest absolute Gasteiger partial charge is 0.398 e. The lowest BCUT2D eigenvalue weighted by atomic mass is 9.87. The van der Waals surface area contributed by atoms with Gasteiger partial charge in [0.1, 0.15) is 5.69 Å². The minimum Gasteiger partial charge on any atom is -0.380 e. The maximum atomic E-state index is 13.2. The van der Waals surface area contributed by atoms with Gasteiger partial charge in [0.25, 0.3) is 0 Å². The van der Waals surface area contributed by atoms with Crippen molar-refractivity contribution in [2.45, 2.75) is 42.9 Å². The predicted octanol–water partition coefficient (Wildman–Crippen LogP) is 2.93. The first-order chi connectivity index (χ1) is 16.6. The van der Waals surface area contributed by atoms with Crippen LogP contribution >= 0.6 is 11.6 Å². The highest BCUT2D eigenvalue weighted by Crippen LogP contribution is 2.36. The van der Waals surface area contributed by atoms with Crippen LogP contribution in [0, 0.1) is 10.8 Å². The van der Waals surface area contributed by atoms with Crippen LogP contribution in [-0.4, -0.2) is 42.4 Å². The number of benzene rings is 1. The number of halogens is 1. The highest BCUT2D eigenvalue weighted by atomic mass is 35.5. The van der Waals surface area contributed by atoms with Gasteiger partial charge in [-0.2, -0.15) is 5.10 Å². The monoisotopic (exact) mass is 521 g/mol. The summed E-state index contributed by atoms with van der Waals surface area (Å²) in [6.45, 7) is 0. The van der Waals surface area contributed by atoms with E-state index in [2.05, 4.69) is 25.6 Å². The van der Waals surface area contributed by atoms with Crippen LogP contribution < -0.4 is 16.5 Å². The number of aromatic nitrogens is 2. The molecule has 0 radical (unpaired) electrons. The highest BCUT2D eigenvalue weighted by molar-refractivity contribution is 7.90. The lowest BCUT2D eigenvalue weighted by molar-refractivity contribution is -0.118. The number of carbonyl (C=O) groups is 2. The first-order valence-corrected chi connectivity index (χ1v) is 12.9. The van der Waals surface area contributed by atoms with Crippen LogP contribution in [0.5, 0.6) is 0 Å². The van der Waals surface area contributed by atoms with Gasteiger partial charge in [0.15, 0.2) is 21.5 Å². The van der Waals surface area contributed by atoms with Gasteiger partial charge in [-0.05, 0) is 30.0 Å². The summed E-state index contributed by atoms with van der Waals surface area (Å²) in [6.07, 6.45) is 8.39. The first kappa shape index (κ1) is 26.2. The quantitative estimate of drug-likeness (QED) is 0.204. The molecule has 1 aliphatic rings. The van der Waals surface area contributed by atoms with Crippen molar-refractivity contribution < 1.29 is 18.0 Å². The van der Waals surface area contributed by atoms with Crippen LogP contribution in [0.2, 0.25) is 5.02 Å². The SMILES string of the molecule is CS(=O)(=O)c1ccc(C(CC2CCCC2)C(=O)Nc2cnc(C(N)=NNC(=O)N=O)cn2)cc1Cl. The number of carbonyl (C=O) groups excluding carboxylic acids is 2. The smallest absolute Gasteiger partial charge is 0.380 e. The molecule has 1 atom stereocenters. The molecular weight excluding hydrogens is 498 g/mol. The first-order valence-electron chi connectivity index (χ1n) is 10.7. The van der Waals surface area contributed by atoms with Crippen molar-refractivity contribution in [1.29, 1.82) is 0 Å². The lowest BCUT2D eigenvalue weighted by Gasteiger charge is -2.21. The van der Waals surface area contributed by atoms with Gasteiger partial charge in [-0.3, -0.25) is 4.79 Å². The second-order valence-corrected chi connectivity index (χ2v) is 10.6. The molecule has 186 valence electrons. The van der Waals surface area contributed by atoms with Crippen LogP contribution in [0.1, 0.15) is 49.3 Å². The Balaban J connectivity index is 1.80. The molecule has 0 bridgehead atoms. The zero-order valence-corrected chi connectivity index (χ0v) is 20.3. The molecule has 3 rings (SSSR count). The average molecular weight is 522 g/mol. The third-order valence-electron chi connectivity index (χ3n) is 5.64. The Morgan fingerprint density at radius 3 is 2.51 bits per heavy atom. The van der Waals surface area contributed by atoms with Gasteiger partial charge in [0, 0.05) is 11.4 Å². The summed E-state index contributed by atoms with van der Waals surface area (Å²) < 4.78 is 23.8. The van der Waals surface area contributed by atoms with Crippen molar-refractivity contribution >= 4 is 45.0 Å². The number of nitrogens with zero attached hydrogens (tertiary/aromatic N) is 4. The Kier molecular flexibility index (Phi) is 8.46. The molecule has 1 aromatic carbocycles. The number of nitroso groups, excluding NO2 is 1. The molecule has 0 aliphatic heterocycles. The second kappa shape index (κ2) is 11.3. The second-order valence-electron chi connectivity index (χ2n) is 8.18. The van der Waals surface area contributed by atoms with Crippen LogP contribution in [0.25, 0.3) is 0 Å². The molecule has 4 N–H and O–H groups in total. The topological polar surface area (TPSA) is 186 Å². The van der Waals surface area contributed by atoms with Gasteiger partial charge in [-0.25, -0.2) is 28.6 Å². The molecule has 0 spiro atoms. The Hall–Kier alpha value is -3.45. The Morgan fingerprint density at radius 1 is 1.23 bits per heavy atom. The van der Waals surface area contributed by atoms with E-state index in [1.807, 2.05) is 5.43 Å². The van der Waals surface area contributed by atoms with Gasteiger partial charge in [0.2, 0.25) is 5.91 Å². The van der Waals surface area contributed by atoms with Crippen molar-refractivity contribution in [3.8, 4) is 0 Å². The van der Waals surface area contributed by atoms with Crippen LogP contribution in [-0.2, 0) is 14.6 Å². The van der Waals surface area contributed by atoms with E-state index in [9.17, 15) is 22.9 Å². The van der Waals surface area contributed by atoms with Crippen LogP contribution in [0.15, 0.2) is 45.8 Å². The van der Waals surface area contributed by atoms with Gasteiger partial charge >= 0.3 is 6.03 Å². The number of nitrogens with two attached hydrogens (primary N) is 1. The molecule has 35 heavy (non-hydrogen) atoms. The van der Waals surface area contributed by atoms with Crippen molar-refractivity contribution in [2.24, 2.45) is 21.9 Å². The Morgan fingerprint density at radius 2 is 1.94 bits per heavy atom. The summed E-state index contributed by atoms with van der Waals surface area (Å²) in [5.41, 5.74) is 8.19. The van der Waals surface area contributed by atoms with Crippen molar-refractivity contribution in [3.63, 3.8) is 0 Å². The van der Waals surface area contributed by atoms with E-state index in [4.69, 9.17) is 17.3 Å². The zero-order chi connectivity index (χ0) is 25.6. The molecular formula is C21H24ClN7O5S. The number of urea groups is 1. The van der Waals surface area contributed by atoms with Gasteiger partial charge in [-0.1, -0.05) is 43.4 Å². The lowest BCUT2D eigenvalue weighted by Crippen LogP contribution is -2.25. The highest BCUT2D eigenvalue weighted by Gasteiger charge is 2.28. The third-order valence-corrected chi connectivity index (χ3v) is 7.22. The number of hydrazone groups is 1. The zero-order valence-electron chi connectivity index (χ0n) is 18.8. The molecule has 1 aliphatic carbocycles. The number of amides is 3. The maximum absolute atomic E-state index is 13.2. The molecule has 1 heterocycles. The minimum absolute atomic E-state index is 0.00348. The number of amidine groups is 1. The van der Waals surface area contributed by atoms with E-state index in [1.54, 1.807) is 6.07 Å². The van der Waals surface area contributed by atoms with E-state index in [0.717, 1.165) is 31.9 Å². The average Bonchev–Trinajstić information content (AvgIpc) is 3.33. The summed E-state index contributed by atoms with van der Waals surface area (Å²) >= 11 is 6.24. The normalized spacial score (nSPS) is 15.4. The van der Waals surface area contributed by atoms with E-state index in [1.165, 1.54) is 24.5 Å². The van der Waals surface area contributed by atoms with E-state index in [0.29, 0.717) is 17.9 Å². The van der Waals surface area contributed by atoms with E-state index >= 15 is 0 Å². The molecule has 2 aromatic rings. The minimum atomic E-state index is -3.50. The van der Waals surface area contributed by atoms with Crippen molar-refractivity contribution in [2.75, 3.05) is 11.6 Å². The third kappa shape index (κ3) is 7.02. The number of hydrogen-bond donors (Lipinski definition) is 3. The number of nitrogens with one attached hydrogen (secondary N) is 2. The van der Waals surface area contributed by atoms with Crippen LogP contribution in [0.3, 0.4) is 0 Å². The summed E-state index contributed by atoms with van der Waals surface area (Å²) in [5, 5.41) is 8.37. The predicted molar refractivity (Wildman–Crippen MR) is 130 cm³/mol. The molecule has 3 amide bonds. The van der Waals surface area contributed by atoms with Crippen molar-refractivity contribution in [3.05, 3.63) is 51.8 Å². The summed E-state index contributed by atoms with van der Waals surface area (Å²) in [7, 11) is -3.50. The number of rotatable bonds is 8. The van der Waals surface area contributed by atoms with Crippen molar-refractivity contribution in [1.82, 2.24) is 15.4 Å². The fourth-order valence-corrected chi connectivity index (χ4v) is 5.27. The molecule has 12 nitrogen and oxygen atoms in total. The number of sulfone groups is 1. The fourth-order valence-electron chi connectivity index (χ4n) is 3.93. The standard InChI is InChI=1S/C21H24ClN7O5S/c1-35(33,34)17-7-6-13(9-15(17)22)14(8-12-4-2-3-5-12)20(30)26-18-11-24-16(10-25-18)19(23)27-28-21(31)29-32/h6-7,9-12,14H,2-5,8H2,1H3,(H2,23,27)(H,28,31)(H,25,26,30). The van der Waals surface area contributed by atoms with Crippen LogP contribution in [0.4, 0.5) is 10.6 Å². The van der Waals surface area contributed by atoms with E-state index < -0.39 is 21.8 Å². The fraction of sp³-hybridized carbons (Fsp3) is 0.381.